The first-order valence-corrected chi connectivity index (χ1v) is 7.09. The van der Waals surface area contributed by atoms with E-state index in [1.54, 1.807) is 33.5 Å². The van der Waals surface area contributed by atoms with E-state index >= 15 is 0 Å². The van der Waals surface area contributed by atoms with Crippen molar-refractivity contribution in [3.63, 3.8) is 0 Å². The highest BCUT2D eigenvalue weighted by Crippen LogP contribution is 2.38. The first-order chi connectivity index (χ1) is 11.1. The van der Waals surface area contributed by atoms with Crippen molar-refractivity contribution in [2.45, 2.75) is 6.42 Å². The maximum atomic E-state index is 11.5. The minimum atomic E-state index is -0.343. The van der Waals surface area contributed by atoms with Gasteiger partial charge in [-0.1, -0.05) is 12.1 Å². The first kappa shape index (κ1) is 16.7. The van der Waals surface area contributed by atoms with E-state index < -0.39 is 0 Å². The SMILES string of the molecule is COC(=O)c1ccc(Cc2cc(OC)c(OC)c(OC)c2)cc1. The zero-order valence-corrected chi connectivity index (χ0v) is 13.7. The second kappa shape index (κ2) is 7.54. The van der Waals surface area contributed by atoms with Crippen molar-refractivity contribution in [2.75, 3.05) is 28.4 Å². The molecule has 0 bridgehead atoms. The van der Waals surface area contributed by atoms with Gasteiger partial charge in [0.05, 0.1) is 34.0 Å². The van der Waals surface area contributed by atoms with Gasteiger partial charge in [0.2, 0.25) is 5.75 Å². The predicted octanol–water partition coefficient (Wildman–Crippen LogP) is 3.09. The van der Waals surface area contributed by atoms with Gasteiger partial charge in [0.25, 0.3) is 0 Å². The van der Waals surface area contributed by atoms with E-state index in [9.17, 15) is 4.79 Å². The molecule has 0 spiro atoms. The van der Waals surface area contributed by atoms with Crippen molar-refractivity contribution >= 4 is 5.97 Å². The third-order valence-electron chi connectivity index (χ3n) is 3.51. The van der Waals surface area contributed by atoms with E-state index in [0.717, 1.165) is 11.1 Å². The second-order valence-corrected chi connectivity index (χ2v) is 4.90. The van der Waals surface area contributed by atoms with Gasteiger partial charge in [0.15, 0.2) is 11.5 Å². The molecule has 0 amide bonds. The minimum absolute atomic E-state index is 0.343. The summed E-state index contributed by atoms with van der Waals surface area (Å²) in [6.45, 7) is 0. The number of carbonyl (C=O) groups excluding carboxylic acids is 1. The Kier molecular flexibility index (Phi) is 5.46. The molecule has 0 unspecified atom stereocenters. The van der Waals surface area contributed by atoms with Crippen LogP contribution in [-0.2, 0) is 11.2 Å². The third-order valence-corrected chi connectivity index (χ3v) is 3.51. The Balaban J connectivity index is 2.27. The van der Waals surface area contributed by atoms with Crippen molar-refractivity contribution in [1.29, 1.82) is 0 Å². The van der Waals surface area contributed by atoms with Gasteiger partial charge in [-0.2, -0.15) is 0 Å². The molecule has 0 atom stereocenters. The molecule has 0 N–H and O–H groups in total. The standard InChI is InChI=1S/C18H20O5/c1-20-15-10-13(11-16(21-2)17(15)22-3)9-12-5-7-14(8-6-12)18(19)23-4/h5-8,10-11H,9H2,1-4H3. The summed E-state index contributed by atoms with van der Waals surface area (Å²) in [6, 6.07) is 11.1. The molecule has 0 aliphatic heterocycles. The Hall–Kier alpha value is -2.69. The van der Waals surface area contributed by atoms with Gasteiger partial charge in [-0.3, -0.25) is 0 Å². The van der Waals surface area contributed by atoms with E-state index in [1.807, 2.05) is 24.3 Å². The molecule has 0 aliphatic rings. The molecule has 122 valence electrons. The van der Waals surface area contributed by atoms with E-state index in [-0.39, 0.29) is 5.97 Å². The van der Waals surface area contributed by atoms with Crippen LogP contribution in [-0.4, -0.2) is 34.4 Å². The summed E-state index contributed by atoms with van der Waals surface area (Å²) < 4.78 is 20.7. The number of benzene rings is 2. The number of hydrogen-bond donors (Lipinski definition) is 0. The smallest absolute Gasteiger partial charge is 0.337 e. The number of esters is 1. The minimum Gasteiger partial charge on any atom is -0.493 e. The van der Waals surface area contributed by atoms with Crippen LogP contribution < -0.4 is 14.2 Å². The van der Waals surface area contributed by atoms with Crippen LogP contribution in [0, 0.1) is 0 Å². The summed E-state index contributed by atoms with van der Waals surface area (Å²) in [6.07, 6.45) is 0.679. The van der Waals surface area contributed by atoms with E-state index in [4.69, 9.17) is 18.9 Å². The molecular formula is C18H20O5. The Labute approximate surface area is 135 Å². The summed E-state index contributed by atoms with van der Waals surface area (Å²) >= 11 is 0. The highest BCUT2D eigenvalue weighted by Gasteiger charge is 2.13. The number of carbonyl (C=O) groups is 1. The maximum Gasteiger partial charge on any atom is 0.337 e. The van der Waals surface area contributed by atoms with Crippen molar-refractivity contribution in [3.05, 3.63) is 53.1 Å². The molecule has 0 fully saturated rings. The van der Waals surface area contributed by atoms with Crippen LogP contribution in [0.1, 0.15) is 21.5 Å². The Morgan fingerprint density at radius 3 is 1.83 bits per heavy atom. The first-order valence-electron chi connectivity index (χ1n) is 7.09. The van der Waals surface area contributed by atoms with Gasteiger partial charge in [0.1, 0.15) is 0 Å². The molecule has 0 aliphatic carbocycles. The summed E-state index contributed by atoms with van der Waals surface area (Å²) in [5.74, 6) is 1.46. The number of ether oxygens (including phenoxy) is 4. The van der Waals surface area contributed by atoms with Crippen LogP contribution in [0.4, 0.5) is 0 Å². The molecule has 5 heteroatoms. The fraction of sp³-hybridized carbons (Fsp3) is 0.278. The lowest BCUT2D eigenvalue weighted by Crippen LogP contribution is -2.01. The van der Waals surface area contributed by atoms with E-state index in [0.29, 0.717) is 29.2 Å². The zero-order valence-electron chi connectivity index (χ0n) is 13.7. The molecule has 23 heavy (non-hydrogen) atoms. The molecule has 0 radical (unpaired) electrons. The molecule has 0 saturated heterocycles. The molecule has 2 rings (SSSR count). The molecule has 0 heterocycles. The Morgan fingerprint density at radius 2 is 1.39 bits per heavy atom. The summed E-state index contributed by atoms with van der Waals surface area (Å²) in [4.78, 5) is 11.5. The van der Waals surface area contributed by atoms with Gasteiger partial charge < -0.3 is 18.9 Å². The average molecular weight is 316 g/mol. The molecular weight excluding hydrogens is 296 g/mol. The molecule has 0 aromatic heterocycles. The Bertz CT molecular complexity index is 651. The van der Waals surface area contributed by atoms with Crippen LogP contribution in [0.15, 0.2) is 36.4 Å². The highest BCUT2D eigenvalue weighted by atomic mass is 16.5. The Morgan fingerprint density at radius 1 is 0.826 bits per heavy atom. The van der Waals surface area contributed by atoms with Crippen molar-refractivity contribution in [1.82, 2.24) is 0 Å². The largest absolute Gasteiger partial charge is 0.493 e. The number of hydrogen-bond acceptors (Lipinski definition) is 5. The van der Waals surface area contributed by atoms with Crippen LogP contribution in [0.5, 0.6) is 17.2 Å². The van der Waals surface area contributed by atoms with Crippen LogP contribution >= 0.6 is 0 Å². The van der Waals surface area contributed by atoms with Crippen LogP contribution in [0.2, 0.25) is 0 Å². The molecule has 0 saturated carbocycles. The normalized spacial score (nSPS) is 10.1. The van der Waals surface area contributed by atoms with Crippen molar-refractivity contribution < 1.29 is 23.7 Å². The van der Waals surface area contributed by atoms with E-state index in [1.165, 1.54) is 7.11 Å². The lowest BCUT2D eigenvalue weighted by molar-refractivity contribution is 0.0600. The summed E-state index contributed by atoms with van der Waals surface area (Å²) in [5.41, 5.74) is 2.61. The summed E-state index contributed by atoms with van der Waals surface area (Å²) in [5, 5.41) is 0. The fourth-order valence-electron chi connectivity index (χ4n) is 2.35. The molecule has 5 nitrogen and oxygen atoms in total. The summed E-state index contributed by atoms with van der Waals surface area (Å²) in [7, 11) is 6.12. The van der Waals surface area contributed by atoms with Crippen molar-refractivity contribution in [3.8, 4) is 17.2 Å². The van der Waals surface area contributed by atoms with Gasteiger partial charge in [-0.15, -0.1) is 0 Å². The number of rotatable bonds is 6. The van der Waals surface area contributed by atoms with Gasteiger partial charge in [-0.25, -0.2) is 4.79 Å². The highest BCUT2D eigenvalue weighted by molar-refractivity contribution is 5.89. The zero-order chi connectivity index (χ0) is 16.8. The van der Waals surface area contributed by atoms with Gasteiger partial charge in [-0.05, 0) is 41.8 Å². The van der Waals surface area contributed by atoms with E-state index in [2.05, 4.69) is 0 Å². The maximum absolute atomic E-state index is 11.5. The van der Waals surface area contributed by atoms with Gasteiger partial charge in [0, 0.05) is 0 Å². The molecule has 2 aromatic rings. The third kappa shape index (κ3) is 3.74. The van der Waals surface area contributed by atoms with Crippen LogP contribution in [0.3, 0.4) is 0 Å². The lowest BCUT2D eigenvalue weighted by atomic mass is 10.0. The molecule has 2 aromatic carbocycles. The number of methoxy groups -OCH3 is 4. The second-order valence-electron chi connectivity index (χ2n) is 4.90. The average Bonchev–Trinajstić information content (AvgIpc) is 2.60. The predicted molar refractivity (Wildman–Crippen MR) is 86.7 cm³/mol. The fourth-order valence-corrected chi connectivity index (χ4v) is 2.35. The van der Waals surface area contributed by atoms with Gasteiger partial charge >= 0.3 is 5.97 Å². The van der Waals surface area contributed by atoms with Crippen LogP contribution in [0.25, 0.3) is 0 Å². The lowest BCUT2D eigenvalue weighted by Gasteiger charge is -2.14. The monoisotopic (exact) mass is 316 g/mol. The quantitative estimate of drug-likeness (QED) is 0.767. The van der Waals surface area contributed by atoms with Crippen molar-refractivity contribution in [2.24, 2.45) is 0 Å². The topological polar surface area (TPSA) is 54.0 Å².